The van der Waals surface area contributed by atoms with Crippen molar-refractivity contribution in [3.05, 3.63) is 70.7 Å². The number of nitrogens with zero attached hydrogens (tertiary/aromatic N) is 2. The Kier molecular flexibility index (Phi) is 3.11. The molecule has 0 saturated heterocycles. The smallest absolute Gasteiger partial charge is 0.216 e. The van der Waals surface area contributed by atoms with E-state index in [1.54, 1.807) is 6.07 Å². The molecule has 0 amide bonds. The van der Waals surface area contributed by atoms with Crippen LogP contribution in [0.15, 0.2) is 47.0 Å². The molecule has 0 saturated carbocycles. The predicted octanol–water partition coefficient (Wildman–Crippen LogP) is 5.55. The first-order valence-electron chi connectivity index (χ1n) is 8.72. The summed E-state index contributed by atoms with van der Waals surface area (Å²) < 4.78 is 16.3. The van der Waals surface area contributed by atoms with E-state index >= 15 is 0 Å². The van der Waals surface area contributed by atoms with Gasteiger partial charge in [0, 0.05) is 22.9 Å². The number of benzene rings is 2. The molecule has 0 unspecified atom stereocenters. The maximum atomic E-state index is 8.03. The van der Waals surface area contributed by atoms with Crippen LogP contribution in [-0.4, -0.2) is 0 Å². The molecule has 0 N–H and O–H groups in total. The molecule has 0 atom stereocenters. The number of pyridine rings is 1. The second-order valence-electron chi connectivity index (χ2n) is 6.58. The molecule has 0 radical (unpaired) electrons. The molecule has 4 rings (SSSR count). The molecule has 0 bridgehead atoms. The minimum atomic E-state index is 0.517. The fourth-order valence-electron chi connectivity index (χ4n) is 3.55. The Morgan fingerprint density at radius 1 is 1.12 bits per heavy atom. The molecule has 2 heterocycles. The molecule has 0 aliphatic heterocycles. The summed E-state index contributed by atoms with van der Waals surface area (Å²) in [7, 11) is 1.96. The number of furan rings is 1. The molecule has 0 aliphatic rings. The van der Waals surface area contributed by atoms with Crippen molar-refractivity contribution in [1.29, 1.82) is 0 Å². The van der Waals surface area contributed by atoms with Crippen molar-refractivity contribution < 1.29 is 10.4 Å². The zero-order valence-corrected chi connectivity index (χ0v) is 14.8. The van der Waals surface area contributed by atoms with Crippen LogP contribution in [0.3, 0.4) is 0 Å². The van der Waals surface area contributed by atoms with Gasteiger partial charge in [-0.3, -0.25) is 0 Å². The van der Waals surface area contributed by atoms with E-state index in [1.165, 1.54) is 0 Å². The molecule has 25 heavy (non-hydrogen) atoms. The summed E-state index contributed by atoms with van der Waals surface area (Å²) in [6.07, 6.45) is 1.83. The van der Waals surface area contributed by atoms with Crippen LogP contribution in [0.5, 0.6) is 0 Å². The molecule has 3 heteroatoms. The van der Waals surface area contributed by atoms with Gasteiger partial charge in [0.05, 0.1) is 13.5 Å². The summed E-state index contributed by atoms with van der Waals surface area (Å²) in [6.45, 7) is 13.4. The van der Waals surface area contributed by atoms with Gasteiger partial charge in [-0.15, -0.1) is 0 Å². The van der Waals surface area contributed by atoms with Crippen molar-refractivity contribution in [3.63, 3.8) is 0 Å². The third kappa shape index (κ3) is 2.30. The van der Waals surface area contributed by atoms with E-state index < -0.39 is 0 Å². The number of aryl methyl sites for hydroxylation is 4. The van der Waals surface area contributed by atoms with Gasteiger partial charge in [0.1, 0.15) is 18.2 Å². The third-order valence-electron chi connectivity index (χ3n) is 4.73. The van der Waals surface area contributed by atoms with E-state index in [9.17, 15) is 0 Å². The number of fused-ring (bicyclic) bond motifs is 3. The van der Waals surface area contributed by atoms with Crippen molar-refractivity contribution >= 4 is 27.6 Å². The number of rotatable bonds is 1. The summed E-state index contributed by atoms with van der Waals surface area (Å²) in [5.74, 6) is 0. The summed E-state index contributed by atoms with van der Waals surface area (Å²) in [5, 5.41) is 2.12. The van der Waals surface area contributed by atoms with Gasteiger partial charge < -0.3 is 4.42 Å². The van der Waals surface area contributed by atoms with Gasteiger partial charge in [-0.25, -0.2) is 9.41 Å². The lowest BCUT2D eigenvalue weighted by atomic mass is 9.96. The second kappa shape index (κ2) is 5.46. The average Bonchev–Trinajstić information content (AvgIpc) is 2.97. The third-order valence-corrected chi connectivity index (χ3v) is 4.73. The number of hydrogen-bond donors (Lipinski definition) is 0. The van der Waals surface area contributed by atoms with Crippen LogP contribution in [0.4, 0.5) is 5.69 Å². The largest absolute Gasteiger partial charge is 0.456 e. The van der Waals surface area contributed by atoms with Crippen LogP contribution < -0.4 is 4.57 Å². The molecule has 4 aromatic rings. The van der Waals surface area contributed by atoms with Crippen LogP contribution in [0, 0.1) is 27.3 Å². The van der Waals surface area contributed by atoms with Crippen molar-refractivity contribution in [3.8, 4) is 11.3 Å². The van der Waals surface area contributed by atoms with E-state index in [0.29, 0.717) is 11.7 Å². The quantitative estimate of drug-likeness (QED) is 0.331. The maximum absolute atomic E-state index is 8.03. The maximum Gasteiger partial charge on any atom is 0.216 e. The second-order valence-corrected chi connectivity index (χ2v) is 6.58. The molecule has 3 nitrogen and oxygen atoms in total. The minimum absolute atomic E-state index is 0.517. The van der Waals surface area contributed by atoms with Crippen LogP contribution in [0.1, 0.15) is 18.1 Å². The fourth-order valence-corrected chi connectivity index (χ4v) is 3.55. The first-order chi connectivity index (χ1) is 12.4. The SMILES string of the molecule is [2H]c1c[n+](C)c(-c2c(C)cc(C)c3c2oc2cc([N+]#[C-])ccc23)cc1C. The predicted molar refractivity (Wildman–Crippen MR) is 101 cm³/mol. The molecule has 0 aliphatic carbocycles. The molecular formula is C22H19N2O+. The Balaban J connectivity index is 2.17. The van der Waals surface area contributed by atoms with Gasteiger partial charge in [-0.2, -0.15) is 0 Å². The first kappa shape index (κ1) is 14.2. The summed E-state index contributed by atoms with van der Waals surface area (Å²) in [4.78, 5) is 3.51. The standard InChI is InChI=1S/C22H19N2O/c1-13-8-9-24(5)18(10-13)21-15(3)11-14(2)20-17-7-6-16(23-4)12-19(17)25-22(20)21/h6-12H,1-3,5H3/q+1/i8D. The Morgan fingerprint density at radius 2 is 1.92 bits per heavy atom. The van der Waals surface area contributed by atoms with Gasteiger partial charge >= 0.3 is 0 Å². The van der Waals surface area contributed by atoms with Gasteiger partial charge in [-0.1, -0.05) is 18.2 Å². The van der Waals surface area contributed by atoms with E-state index in [0.717, 1.165) is 49.9 Å². The van der Waals surface area contributed by atoms with Crippen LogP contribution in [0.2, 0.25) is 0 Å². The highest BCUT2D eigenvalue weighted by molar-refractivity contribution is 6.12. The zero-order valence-electron chi connectivity index (χ0n) is 15.8. The Morgan fingerprint density at radius 3 is 2.68 bits per heavy atom. The van der Waals surface area contributed by atoms with E-state index in [-0.39, 0.29) is 0 Å². The lowest BCUT2D eigenvalue weighted by molar-refractivity contribution is -0.660. The van der Waals surface area contributed by atoms with Crippen molar-refractivity contribution in [2.75, 3.05) is 0 Å². The molecular weight excluding hydrogens is 308 g/mol. The summed E-state index contributed by atoms with van der Waals surface area (Å²) in [6, 6.07) is 10.3. The summed E-state index contributed by atoms with van der Waals surface area (Å²) >= 11 is 0. The van der Waals surface area contributed by atoms with Crippen LogP contribution in [-0.2, 0) is 7.05 Å². The molecule has 0 fully saturated rings. The van der Waals surface area contributed by atoms with E-state index in [4.69, 9.17) is 12.4 Å². The highest BCUT2D eigenvalue weighted by atomic mass is 16.3. The lowest BCUT2D eigenvalue weighted by Crippen LogP contribution is -2.30. The monoisotopic (exact) mass is 328 g/mol. The van der Waals surface area contributed by atoms with Crippen molar-refractivity contribution in [1.82, 2.24) is 0 Å². The van der Waals surface area contributed by atoms with Gasteiger partial charge in [0.25, 0.3) is 0 Å². The van der Waals surface area contributed by atoms with E-state index in [2.05, 4.69) is 24.8 Å². The van der Waals surface area contributed by atoms with Gasteiger partial charge in [0.2, 0.25) is 5.69 Å². The summed E-state index contributed by atoms with van der Waals surface area (Å²) in [5.41, 5.74) is 7.43. The Bertz CT molecular complexity index is 1250. The van der Waals surface area contributed by atoms with Crippen molar-refractivity contribution in [2.24, 2.45) is 7.05 Å². The average molecular weight is 328 g/mol. The minimum Gasteiger partial charge on any atom is -0.456 e. The number of hydrogen-bond acceptors (Lipinski definition) is 1. The van der Waals surface area contributed by atoms with Gasteiger partial charge in [-0.05, 0) is 43.5 Å². The first-order valence-corrected chi connectivity index (χ1v) is 8.22. The lowest BCUT2D eigenvalue weighted by Gasteiger charge is -2.08. The highest BCUT2D eigenvalue weighted by Crippen LogP contribution is 2.40. The molecule has 2 aromatic carbocycles. The van der Waals surface area contributed by atoms with Crippen LogP contribution >= 0.6 is 0 Å². The molecule has 122 valence electrons. The van der Waals surface area contributed by atoms with Crippen molar-refractivity contribution in [2.45, 2.75) is 20.8 Å². The molecule has 2 aromatic heterocycles. The Hall–Kier alpha value is -3.12. The Labute approximate surface area is 148 Å². The fraction of sp³-hybridized carbons (Fsp3) is 0.182. The topological polar surface area (TPSA) is 21.4 Å². The number of aromatic nitrogens is 1. The van der Waals surface area contributed by atoms with Gasteiger partial charge in [0.15, 0.2) is 11.9 Å². The normalized spacial score (nSPS) is 11.7. The van der Waals surface area contributed by atoms with E-state index in [1.807, 2.05) is 42.9 Å². The highest BCUT2D eigenvalue weighted by Gasteiger charge is 2.22. The molecule has 0 spiro atoms. The van der Waals surface area contributed by atoms with Crippen LogP contribution in [0.25, 0.3) is 38.0 Å². The zero-order chi connectivity index (χ0) is 18.6.